The third-order valence-electron chi connectivity index (χ3n) is 4.12. The molecule has 4 nitrogen and oxygen atoms in total. The van der Waals surface area contributed by atoms with Crippen LogP contribution in [0.25, 0.3) is 0 Å². The highest BCUT2D eigenvalue weighted by Gasteiger charge is 2.52. The van der Waals surface area contributed by atoms with Crippen LogP contribution < -0.4 is 0 Å². The number of hydrogen-bond donors (Lipinski definition) is 1. The molecule has 0 aromatic heterocycles. The van der Waals surface area contributed by atoms with Gasteiger partial charge in [0.05, 0.1) is 18.4 Å². The second-order valence-corrected chi connectivity index (χ2v) is 5.32. The molecule has 18 heavy (non-hydrogen) atoms. The lowest BCUT2D eigenvalue weighted by Crippen LogP contribution is -2.34. The SMILES string of the molecule is CCCCN1C(=O)C2C(C)C=CC(CO)C2C1=O. The number of unbranched alkanes of at least 4 members (excludes halogenated alkanes) is 1. The summed E-state index contributed by atoms with van der Waals surface area (Å²) in [5, 5.41) is 9.36. The molecule has 0 saturated carbocycles. The maximum atomic E-state index is 12.3. The summed E-state index contributed by atoms with van der Waals surface area (Å²) < 4.78 is 0. The average molecular weight is 251 g/mol. The van der Waals surface area contributed by atoms with Crippen molar-refractivity contribution in [2.45, 2.75) is 26.7 Å². The zero-order valence-corrected chi connectivity index (χ0v) is 11.0. The number of rotatable bonds is 4. The summed E-state index contributed by atoms with van der Waals surface area (Å²) in [6.07, 6.45) is 5.66. The number of carbonyl (C=O) groups is 2. The van der Waals surface area contributed by atoms with Crippen LogP contribution in [0.3, 0.4) is 0 Å². The first-order chi connectivity index (χ1) is 8.61. The molecule has 1 aliphatic carbocycles. The highest BCUT2D eigenvalue weighted by Crippen LogP contribution is 2.41. The number of amides is 2. The van der Waals surface area contributed by atoms with Crippen molar-refractivity contribution in [2.75, 3.05) is 13.2 Å². The van der Waals surface area contributed by atoms with E-state index in [-0.39, 0.29) is 42.1 Å². The van der Waals surface area contributed by atoms with Gasteiger partial charge < -0.3 is 5.11 Å². The highest BCUT2D eigenvalue weighted by molar-refractivity contribution is 6.05. The molecule has 100 valence electrons. The summed E-state index contributed by atoms with van der Waals surface area (Å²) >= 11 is 0. The first-order valence-electron chi connectivity index (χ1n) is 6.76. The van der Waals surface area contributed by atoms with Gasteiger partial charge in [-0.1, -0.05) is 32.4 Å². The third kappa shape index (κ3) is 1.99. The summed E-state index contributed by atoms with van der Waals surface area (Å²) in [7, 11) is 0. The number of aliphatic hydroxyl groups excluding tert-OH is 1. The molecule has 0 aromatic carbocycles. The first-order valence-corrected chi connectivity index (χ1v) is 6.76. The van der Waals surface area contributed by atoms with E-state index in [0.717, 1.165) is 12.8 Å². The molecule has 4 heteroatoms. The maximum Gasteiger partial charge on any atom is 0.233 e. The van der Waals surface area contributed by atoms with Crippen LogP contribution in [-0.2, 0) is 9.59 Å². The quantitative estimate of drug-likeness (QED) is 0.603. The molecule has 1 heterocycles. The molecule has 0 aromatic rings. The molecule has 0 radical (unpaired) electrons. The Kier molecular flexibility index (Phi) is 3.85. The summed E-state index contributed by atoms with van der Waals surface area (Å²) in [4.78, 5) is 26.1. The molecule has 4 unspecified atom stereocenters. The molecule has 2 amide bonds. The standard InChI is InChI=1S/C14H21NO3/c1-3-4-7-15-13(17)11-9(2)5-6-10(8-16)12(11)14(15)18/h5-6,9-12,16H,3-4,7-8H2,1-2H3. The zero-order chi connectivity index (χ0) is 13.3. The minimum absolute atomic E-state index is 0.0475. The van der Waals surface area contributed by atoms with Crippen molar-refractivity contribution in [3.8, 4) is 0 Å². The number of aliphatic hydroxyl groups is 1. The maximum absolute atomic E-state index is 12.3. The molecule has 1 N–H and O–H groups in total. The Morgan fingerprint density at radius 3 is 2.50 bits per heavy atom. The number of fused-ring (bicyclic) bond motifs is 1. The van der Waals surface area contributed by atoms with Crippen LogP contribution in [0, 0.1) is 23.7 Å². The number of hydrogen-bond acceptors (Lipinski definition) is 3. The van der Waals surface area contributed by atoms with Crippen molar-refractivity contribution < 1.29 is 14.7 Å². The van der Waals surface area contributed by atoms with Gasteiger partial charge >= 0.3 is 0 Å². The fourth-order valence-corrected chi connectivity index (χ4v) is 3.05. The Morgan fingerprint density at radius 2 is 1.89 bits per heavy atom. The van der Waals surface area contributed by atoms with E-state index in [2.05, 4.69) is 0 Å². The van der Waals surface area contributed by atoms with Gasteiger partial charge in [0, 0.05) is 12.5 Å². The van der Waals surface area contributed by atoms with Crippen LogP contribution in [0.4, 0.5) is 0 Å². The summed E-state index contributed by atoms with van der Waals surface area (Å²) in [5.74, 6) is -0.867. The van der Waals surface area contributed by atoms with Gasteiger partial charge in [0.2, 0.25) is 11.8 Å². The smallest absolute Gasteiger partial charge is 0.233 e. The van der Waals surface area contributed by atoms with Crippen molar-refractivity contribution in [1.29, 1.82) is 0 Å². The minimum atomic E-state index is -0.348. The molecule has 2 rings (SSSR count). The van der Waals surface area contributed by atoms with E-state index < -0.39 is 0 Å². The normalized spacial score (nSPS) is 35.2. The van der Waals surface area contributed by atoms with Crippen LogP contribution in [0.5, 0.6) is 0 Å². The predicted octanol–water partition coefficient (Wildman–Crippen LogP) is 1.20. The second-order valence-electron chi connectivity index (χ2n) is 5.32. The number of imide groups is 1. The number of carbonyl (C=O) groups excluding carboxylic acids is 2. The molecular formula is C14H21NO3. The van der Waals surface area contributed by atoms with Crippen molar-refractivity contribution in [2.24, 2.45) is 23.7 Å². The van der Waals surface area contributed by atoms with E-state index in [1.54, 1.807) is 0 Å². The lowest BCUT2D eigenvalue weighted by Gasteiger charge is -2.28. The minimum Gasteiger partial charge on any atom is -0.396 e. The van der Waals surface area contributed by atoms with Gasteiger partial charge in [-0.25, -0.2) is 0 Å². The molecule has 0 bridgehead atoms. The topological polar surface area (TPSA) is 57.6 Å². The molecule has 2 aliphatic rings. The van der Waals surface area contributed by atoms with Gasteiger partial charge in [0.1, 0.15) is 0 Å². The van der Waals surface area contributed by atoms with Gasteiger partial charge in [0.25, 0.3) is 0 Å². The van der Waals surface area contributed by atoms with Gasteiger partial charge in [-0.3, -0.25) is 14.5 Å². The largest absolute Gasteiger partial charge is 0.396 e. The van der Waals surface area contributed by atoms with E-state index in [0.29, 0.717) is 6.54 Å². The molecular weight excluding hydrogens is 230 g/mol. The zero-order valence-electron chi connectivity index (χ0n) is 11.0. The van der Waals surface area contributed by atoms with E-state index >= 15 is 0 Å². The van der Waals surface area contributed by atoms with Gasteiger partial charge in [-0.05, 0) is 12.3 Å². The molecule has 1 aliphatic heterocycles. The summed E-state index contributed by atoms with van der Waals surface area (Å²) in [6.45, 7) is 4.46. The predicted molar refractivity (Wildman–Crippen MR) is 67.5 cm³/mol. The Labute approximate surface area is 108 Å². The van der Waals surface area contributed by atoms with Crippen molar-refractivity contribution >= 4 is 11.8 Å². The fraction of sp³-hybridized carbons (Fsp3) is 0.714. The molecule has 1 fully saturated rings. The van der Waals surface area contributed by atoms with Crippen molar-refractivity contribution in [3.63, 3.8) is 0 Å². The lowest BCUT2D eigenvalue weighted by molar-refractivity contribution is -0.140. The van der Waals surface area contributed by atoms with Gasteiger partial charge in [-0.2, -0.15) is 0 Å². The Balaban J connectivity index is 2.24. The molecule has 1 saturated heterocycles. The molecule has 4 atom stereocenters. The lowest BCUT2D eigenvalue weighted by atomic mass is 9.73. The van der Waals surface area contributed by atoms with Crippen LogP contribution in [0.15, 0.2) is 12.2 Å². The third-order valence-corrected chi connectivity index (χ3v) is 4.12. The van der Waals surface area contributed by atoms with E-state index in [1.165, 1.54) is 4.90 Å². The summed E-state index contributed by atoms with van der Waals surface area (Å²) in [6, 6.07) is 0. The highest BCUT2D eigenvalue weighted by atomic mass is 16.3. The number of allylic oxidation sites excluding steroid dienone is 1. The van der Waals surface area contributed by atoms with Crippen molar-refractivity contribution in [3.05, 3.63) is 12.2 Å². The van der Waals surface area contributed by atoms with E-state index in [9.17, 15) is 14.7 Å². The van der Waals surface area contributed by atoms with Crippen molar-refractivity contribution in [1.82, 2.24) is 4.90 Å². The Morgan fingerprint density at radius 1 is 1.22 bits per heavy atom. The van der Waals surface area contributed by atoms with E-state index in [1.807, 2.05) is 26.0 Å². The Bertz CT molecular complexity index is 377. The van der Waals surface area contributed by atoms with Crippen LogP contribution in [0.1, 0.15) is 26.7 Å². The van der Waals surface area contributed by atoms with Gasteiger partial charge in [0.15, 0.2) is 0 Å². The average Bonchev–Trinajstić information content (AvgIpc) is 2.62. The second kappa shape index (κ2) is 5.22. The molecule has 0 spiro atoms. The van der Waals surface area contributed by atoms with Crippen LogP contribution >= 0.6 is 0 Å². The van der Waals surface area contributed by atoms with Crippen LogP contribution in [-0.4, -0.2) is 35.0 Å². The number of nitrogens with zero attached hydrogens (tertiary/aromatic N) is 1. The number of likely N-dealkylation sites (tertiary alicyclic amines) is 1. The fourth-order valence-electron chi connectivity index (χ4n) is 3.05. The van der Waals surface area contributed by atoms with E-state index in [4.69, 9.17) is 0 Å². The Hall–Kier alpha value is -1.16. The first kappa shape index (κ1) is 13.3. The van der Waals surface area contributed by atoms with Crippen LogP contribution in [0.2, 0.25) is 0 Å². The monoisotopic (exact) mass is 251 g/mol. The van der Waals surface area contributed by atoms with Gasteiger partial charge in [-0.15, -0.1) is 0 Å². The summed E-state index contributed by atoms with van der Waals surface area (Å²) in [5.41, 5.74) is 0.